The summed E-state index contributed by atoms with van der Waals surface area (Å²) in [7, 11) is 0. The van der Waals surface area contributed by atoms with Gasteiger partial charge in [-0.1, -0.05) is 13.0 Å². The smallest absolute Gasteiger partial charge is 0.251 e. The van der Waals surface area contributed by atoms with Gasteiger partial charge in [0, 0.05) is 29.6 Å². The zero-order valence-electron chi connectivity index (χ0n) is 10.9. The lowest BCUT2D eigenvalue weighted by atomic mass is 10.1. The fraction of sp³-hybridized carbons (Fsp3) is 0.333. The molecule has 1 aromatic heterocycles. The fourth-order valence-corrected chi connectivity index (χ4v) is 2.25. The zero-order chi connectivity index (χ0) is 13.7. The van der Waals surface area contributed by atoms with Crippen LogP contribution in [0.2, 0.25) is 0 Å². The molecule has 1 heterocycles. The van der Waals surface area contributed by atoms with E-state index in [-0.39, 0.29) is 5.91 Å². The third-order valence-electron chi connectivity index (χ3n) is 3.08. The van der Waals surface area contributed by atoms with E-state index in [1.54, 1.807) is 12.3 Å². The van der Waals surface area contributed by atoms with Crippen LogP contribution in [0.1, 0.15) is 23.7 Å². The van der Waals surface area contributed by atoms with Crippen molar-refractivity contribution in [2.75, 3.05) is 12.4 Å². The van der Waals surface area contributed by atoms with Crippen molar-refractivity contribution >= 4 is 28.4 Å². The molecule has 19 heavy (non-hydrogen) atoms. The van der Waals surface area contributed by atoms with Crippen LogP contribution in [0.25, 0.3) is 10.9 Å². The fourth-order valence-electron chi connectivity index (χ4n) is 1.87. The van der Waals surface area contributed by atoms with Crippen LogP contribution >= 0.6 is 11.6 Å². The van der Waals surface area contributed by atoms with Gasteiger partial charge in [-0.25, -0.2) is 0 Å². The monoisotopic (exact) mass is 276 g/mol. The number of nitrogens with one attached hydrogen (secondary N) is 1. The highest BCUT2D eigenvalue weighted by atomic mass is 35.5. The summed E-state index contributed by atoms with van der Waals surface area (Å²) in [5.74, 6) is 0.967. The van der Waals surface area contributed by atoms with Gasteiger partial charge in [0.1, 0.15) is 0 Å². The number of alkyl halides is 1. The van der Waals surface area contributed by atoms with E-state index in [2.05, 4.69) is 17.2 Å². The quantitative estimate of drug-likeness (QED) is 0.852. The van der Waals surface area contributed by atoms with Crippen molar-refractivity contribution < 1.29 is 4.79 Å². The van der Waals surface area contributed by atoms with Crippen LogP contribution in [0.5, 0.6) is 0 Å². The molecule has 1 unspecified atom stereocenters. The normalized spacial score (nSPS) is 12.3. The number of pyridine rings is 1. The molecule has 0 aliphatic rings. The summed E-state index contributed by atoms with van der Waals surface area (Å²) in [6.45, 7) is 2.73. The highest BCUT2D eigenvalue weighted by molar-refractivity contribution is 6.17. The van der Waals surface area contributed by atoms with Crippen LogP contribution in [0, 0.1) is 5.92 Å². The van der Waals surface area contributed by atoms with Crippen molar-refractivity contribution in [2.24, 2.45) is 5.92 Å². The second-order valence-corrected chi connectivity index (χ2v) is 5.08. The molecule has 1 N–H and O–H groups in total. The number of nitrogens with zero attached hydrogens (tertiary/aromatic N) is 1. The summed E-state index contributed by atoms with van der Waals surface area (Å²) in [4.78, 5) is 16.3. The minimum absolute atomic E-state index is 0.0489. The molecule has 100 valence electrons. The summed E-state index contributed by atoms with van der Waals surface area (Å²) in [5.41, 5.74) is 1.56. The number of hydrogen-bond acceptors (Lipinski definition) is 2. The summed E-state index contributed by atoms with van der Waals surface area (Å²) >= 11 is 5.67. The number of carbonyl (C=O) groups is 1. The molecule has 3 nitrogen and oxygen atoms in total. The van der Waals surface area contributed by atoms with Crippen LogP contribution in [0.3, 0.4) is 0 Å². The van der Waals surface area contributed by atoms with Crippen molar-refractivity contribution in [3.05, 3.63) is 42.1 Å². The van der Waals surface area contributed by atoms with Gasteiger partial charge in [0.2, 0.25) is 0 Å². The summed E-state index contributed by atoms with van der Waals surface area (Å²) in [6, 6.07) is 9.36. The van der Waals surface area contributed by atoms with Gasteiger partial charge in [-0.2, -0.15) is 0 Å². The minimum Gasteiger partial charge on any atom is -0.352 e. The molecule has 0 bridgehead atoms. The number of fused-ring (bicyclic) bond motifs is 1. The second kappa shape index (κ2) is 6.53. The Hall–Kier alpha value is -1.61. The number of carbonyl (C=O) groups excluding carboxylic acids is 1. The van der Waals surface area contributed by atoms with E-state index in [9.17, 15) is 4.79 Å². The van der Waals surface area contributed by atoms with Crippen molar-refractivity contribution in [1.29, 1.82) is 0 Å². The second-order valence-electron chi connectivity index (χ2n) is 4.70. The largest absolute Gasteiger partial charge is 0.352 e. The van der Waals surface area contributed by atoms with E-state index in [0.717, 1.165) is 17.3 Å². The maximum atomic E-state index is 12.0. The number of rotatable bonds is 5. The Balaban J connectivity index is 2.05. The van der Waals surface area contributed by atoms with E-state index >= 15 is 0 Å². The van der Waals surface area contributed by atoms with Gasteiger partial charge in [0.25, 0.3) is 5.91 Å². The maximum absolute atomic E-state index is 12.0. The predicted molar refractivity (Wildman–Crippen MR) is 78.6 cm³/mol. The van der Waals surface area contributed by atoms with E-state index in [1.807, 2.05) is 24.3 Å². The first-order valence-electron chi connectivity index (χ1n) is 6.39. The molecule has 0 saturated carbocycles. The average Bonchev–Trinajstić information content (AvgIpc) is 2.44. The lowest BCUT2D eigenvalue weighted by molar-refractivity contribution is 0.0948. The molecule has 0 fully saturated rings. The average molecular weight is 277 g/mol. The SMILES string of the molecule is CC(CCCl)CNC(=O)c1ccc2ncccc2c1. The highest BCUT2D eigenvalue weighted by Crippen LogP contribution is 2.13. The van der Waals surface area contributed by atoms with Crippen LogP contribution in [0.15, 0.2) is 36.5 Å². The van der Waals surface area contributed by atoms with Gasteiger partial charge in [-0.3, -0.25) is 9.78 Å². The molecule has 0 spiro atoms. The molecule has 2 aromatic rings. The summed E-state index contributed by atoms with van der Waals surface area (Å²) in [6.07, 6.45) is 2.65. The Morgan fingerprint density at radius 1 is 1.42 bits per heavy atom. The van der Waals surface area contributed by atoms with Gasteiger partial charge < -0.3 is 5.32 Å². The first-order valence-corrected chi connectivity index (χ1v) is 6.93. The summed E-state index contributed by atoms with van der Waals surface area (Å²) in [5, 5.41) is 3.91. The minimum atomic E-state index is -0.0489. The third kappa shape index (κ3) is 3.67. The Labute approximate surface area is 118 Å². The van der Waals surface area contributed by atoms with Gasteiger partial charge in [0.05, 0.1) is 5.52 Å². The van der Waals surface area contributed by atoms with Crippen LogP contribution < -0.4 is 5.32 Å². The molecule has 0 saturated heterocycles. The van der Waals surface area contributed by atoms with E-state index in [0.29, 0.717) is 23.9 Å². The molecule has 4 heteroatoms. The standard InChI is InChI=1S/C15H17ClN2O/c1-11(6-7-16)10-18-15(19)13-4-5-14-12(9-13)3-2-8-17-14/h2-5,8-9,11H,6-7,10H2,1H3,(H,18,19). The molecule has 1 amide bonds. The molecule has 2 rings (SSSR count). The van der Waals surface area contributed by atoms with Gasteiger partial charge >= 0.3 is 0 Å². The Morgan fingerprint density at radius 2 is 2.26 bits per heavy atom. The zero-order valence-corrected chi connectivity index (χ0v) is 11.7. The predicted octanol–water partition coefficient (Wildman–Crippen LogP) is 3.23. The lowest BCUT2D eigenvalue weighted by Crippen LogP contribution is -2.28. The first-order chi connectivity index (χ1) is 9.20. The molecular formula is C15H17ClN2O. The van der Waals surface area contributed by atoms with Crippen molar-refractivity contribution in [3.63, 3.8) is 0 Å². The number of benzene rings is 1. The van der Waals surface area contributed by atoms with E-state index in [1.165, 1.54) is 0 Å². The first kappa shape index (κ1) is 13.8. The highest BCUT2D eigenvalue weighted by Gasteiger charge is 2.08. The topological polar surface area (TPSA) is 42.0 Å². The van der Waals surface area contributed by atoms with Crippen LogP contribution in [-0.2, 0) is 0 Å². The molecule has 0 aliphatic heterocycles. The van der Waals surface area contributed by atoms with Crippen LogP contribution in [0.4, 0.5) is 0 Å². The van der Waals surface area contributed by atoms with Crippen LogP contribution in [-0.4, -0.2) is 23.3 Å². The Kier molecular flexibility index (Phi) is 4.74. The van der Waals surface area contributed by atoms with E-state index < -0.39 is 0 Å². The maximum Gasteiger partial charge on any atom is 0.251 e. The lowest BCUT2D eigenvalue weighted by Gasteiger charge is -2.11. The molecule has 1 atom stereocenters. The molecular weight excluding hydrogens is 260 g/mol. The molecule has 0 radical (unpaired) electrons. The molecule has 1 aromatic carbocycles. The van der Waals surface area contributed by atoms with Gasteiger partial charge in [-0.05, 0) is 36.6 Å². The Bertz CT molecular complexity index is 571. The number of aromatic nitrogens is 1. The van der Waals surface area contributed by atoms with E-state index in [4.69, 9.17) is 11.6 Å². The van der Waals surface area contributed by atoms with Crippen molar-refractivity contribution in [1.82, 2.24) is 10.3 Å². The summed E-state index contributed by atoms with van der Waals surface area (Å²) < 4.78 is 0. The van der Waals surface area contributed by atoms with Crippen molar-refractivity contribution in [2.45, 2.75) is 13.3 Å². The Morgan fingerprint density at radius 3 is 3.05 bits per heavy atom. The van der Waals surface area contributed by atoms with Crippen molar-refractivity contribution in [3.8, 4) is 0 Å². The van der Waals surface area contributed by atoms with Gasteiger partial charge in [0.15, 0.2) is 0 Å². The number of hydrogen-bond donors (Lipinski definition) is 1. The number of amides is 1. The molecule has 0 aliphatic carbocycles. The third-order valence-corrected chi connectivity index (χ3v) is 3.30. The van der Waals surface area contributed by atoms with Gasteiger partial charge in [-0.15, -0.1) is 11.6 Å². The number of halogens is 1.